The zero-order valence-corrected chi connectivity index (χ0v) is 22.6. The second kappa shape index (κ2) is 12.2. The van der Waals surface area contributed by atoms with Crippen molar-refractivity contribution in [2.24, 2.45) is 5.41 Å². The second-order valence-corrected chi connectivity index (χ2v) is 19.5. The Hall–Kier alpha value is -1.87. The van der Waals surface area contributed by atoms with Crippen molar-refractivity contribution >= 4 is 12.2 Å². The van der Waals surface area contributed by atoms with Crippen LogP contribution in [0, 0.1) is 12.3 Å². The predicted octanol–water partition coefficient (Wildman–Crippen LogP) is 7.91. The Labute approximate surface area is 199 Å². The molecule has 0 amide bonds. The van der Waals surface area contributed by atoms with Gasteiger partial charge in [-0.25, -0.2) is 0 Å². The van der Waals surface area contributed by atoms with Crippen LogP contribution in [-0.4, -0.2) is 6.66 Å². The Balaban J connectivity index is 0.000000233. The van der Waals surface area contributed by atoms with Crippen molar-refractivity contribution in [2.75, 3.05) is 0 Å². The first-order valence-electron chi connectivity index (χ1n) is 11.0. The van der Waals surface area contributed by atoms with E-state index in [1.54, 1.807) is 21.8 Å². The summed E-state index contributed by atoms with van der Waals surface area (Å²) in [4.78, 5) is 0. The van der Waals surface area contributed by atoms with Crippen molar-refractivity contribution < 1.29 is 23.1 Å². The first-order chi connectivity index (χ1) is 14.7. The van der Waals surface area contributed by atoms with Crippen LogP contribution in [0.5, 0.6) is 5.75 Å². The first kappa shape index (κ1) is 25.4. The van der Waals surface area contributed by atoms with Crippen LogP contribution in [0.15, 0.2) is 95.1 Å². The van der Waals surface area contributed by atoms with E-state index in [1.807, 2.05) is 61.5 Å². The third-order valence-electron chi connectivity index (χ3n) is 4.85. The maximum atomic E-state index is 5.66. The molecule has 1 aliphatic carbocycles. The summed E-state index contributed by atoms with van der Waals surface area (Å²) in [5.74, 6) is 0.838. The molecule has 0 aromatic heterocycles. The molecule has 2 aromatic rings. The van der Waals surface area contributed by atoms with Gasteiger partial charge in [0.1, 0.15) is 5.75 Å². The van der Waals surface area contributed by atoms with E-state index in [2.05, 4.69) is 52.6 Å². The van der Waals surface area contributed by atoms with E-state index < -0.39 is 0 Å². The summed E-state index contributed by atoms with van der Waals surface area (Å²) < 4.78 is 7.46. The third-order valence-corrected chi connectivity index (χ3v) is 10.8. The number of benzene rings is 2. The fourth-order valence-corrected chi connectivity index (χ4v) is 8.97. The number of rotatable bonds is 6. The second-order valence-electron chi connectivity index (χ2n) is 9.16. The molecule has 0 aliphatic heterocycles. The summed E-state index contributed by atoms with van der Waals surface area (Å²) in [6.07, 6.45) is 9.74. The summed E-state index contributed by atoms with van der Waals surface area (Å²) in [7, 11) is 0. The fourth-order valence-electron chi connectivity index (χ4n) is 3.20. The number of allylic oxidation sites excluding steroid dienone is 6. The molecule has 1 nitrogen and oxygen atoms in total. The van der Waals surface area contributed by atoms with Crippen LogP contribution in [0.4, 0.5) is 0 Å². The van der Waals surface area contributed by atoms with Gasteiger partial charge < -0.3 is 4.74 Å². The summed E-state index contributed by atoms with van der Waals surface area (Å²) in [5, 5.41) is 0. The molecule has 0 N–H and O–H groups in total. The normalized spacial score (nSPS) is 13.7. The molecular weight excluding hydrogens is 428 g/mol. The van der Waals surface area contributed by atoms with Gasteiger partial charge in [-0.2, -0.15) is 0 Å². The van der Waals surface area contributed by atoms with E-state index in [-0.39, 0.29) is 6.66 Å². The van der Waals surface area contributed by atoms with Crippen molar-refractivity contribution in [3.63, 3.8) is 0 Å². The van der Waals surface area contributed by atoms with Gasteiger partial charge in [-0.3, -0.25) is 0 Å². The molecule has 3 rings (SSSR count). The average molecular weight is 465 g/mol. The molecule has 0 fully saturated rings. The number of aryl methyl sites for hydroxylation is 1. The molecule has 0 unspecified atom stereocenters. The fraction of sp³-hybridized carbons (Fsp3) is 0.286. The zero-order chi connectivity index (χ0) is 22.9. The quantitative estimate of drug-likeness (QED) is 0.240. The SMILES string of the molecule is C=CC(=COc1cccc(C)c1)c1ccccc1.C[SiH](C)[Ti][C]1=CC(C(C)(C)C)=CC1. The average Bonchev–Trinajstić information content (AvgIpc) is 3.18. The Bertz CT molecular complexity index is 946. The minimum absolute atomic E-state index is 0.282. The summed E-state index contributed by atoms with van der Waals surface area (Å²) in [6, 6.07) is 18.0. The summed E-state index contributed by atoms with van der Waals surface area (Å²) in [6.45, 7) is 17.5. The van der Waals surface area contributed by atoms with Crippen LogP contribution < -0.4 is 4.74 Å². The minimum atomic E-state index is -0.282. The molecular formula is C28H36OSiTi. The Kier molecular flexibility index (Phi) is 10.0. The molecule has 1 aliphatic rings. The molecule has 0 saturated heterocycles. The van der Waals surface area contributed by atoms with Crippen molar-refractivity contribution in [1.29, 1.82) is 0 Å². The van der Waals surface area contributed by atoms with E-state index in [1.165, 1.54) is 12.0 Å². The van der Waals surface area contributed by atoms with E-state index >= 15 is 0 Å². The molecule has 2 aromatic carbocycles. The van der Waals surface area contributed by atoms with E-state index in [9.17, 15) is 0 Å². The van der Waals surface area contributed by atoms with Crippen LogP contribution in [0.2, 0.25) is 13.1 Å². The monoisotopic (exact) mass is 464 g/mol. The van der Waals surface area contributed by atoms with Crippen molar-refractivity contribution in [2.45, 2.75) is 47.2 Å². The Morgan fingerprint density at radius 3 is 2.32 bits per heavy atom. The number of ether oxygens (including phenoxy) is 1. The van der Waals surface area contributed by atoms with Gasteiger partial charge in [0.15, 0.2) is 0 Å². The van der Waals surface area contributed by atoms with Gasteiger partial charge in [-0.1, -0.05) is 55.1 Å². The Morgan fingerprint density at radius 2 is 1.77 bits per heavy atom. The van der Waals surface area contributed by atoms with Crippen LogP contribution in [0.1, 0.15) is 38.3 Å². The van der Waals surface area contributed by atoms with Gasteiger partial charge in [0, 0.05) is 5.57 Å². The molecule has 0 spiro atoms. The summed E-state index contributed by atoms with van der Waals surface area (Å²) in [5.41, 5.74) is 5.19. The van der Waals surface area contributed by atoms with Crippen molar-refractivity contribution in [1.82, 2.24) is 0 Å². The topological polar surface area (TPSA) is 9.23 Å². The van der Waals surface area contributed by atoms with Gasteiger partial charge in [0.05, 0.1) is 6.26 Å². The first-order valence-corrected chi connectivity index (χ1v) is 17.4. The van der Waals surface area contributed by atoms with Crippen LogP contribution >= 0.6 is 0 Å². The predicted molar refractivity (Wildman–Crippen MR) is 136 cm³/mol. The Morgan fingerprint density at radius 1 is 1.06 bits per heavy atom. The van der Waals surface area contributed by atoms with Crippen LogP contribution in [0.25, 0.3) is 5.57 Å². The van der Waals surface area contributed by atoms with E-state index in [4.69, 9.17) is 4.74 Å². The standard InChI is InChI=1S/C17H16O.C9H13.C2H7Si.Ti/c1-3-15(16-9-5-4-6-10-16)13-18-17-11-7-8-14(2)12-17;1-9(2,3)8-6-4-5-7-8;1-3-2;/h3-13H,1H2,2H3;6-7H,4H2,1-3H3;3H,1-2H3;. The third kappa shape index (κ3) is 9.03. The summed E-state index contributed by atoms with van der Waals surface area (Å²) >= 11 is 0.302. The maximum absolute atomic E-state index is 5.66. The molecule has 0 bridgehead atoms. The molecule has 162 valence electrons. The molecule has 31 heavy (non-hydrogen) atoms. The van der Waals surface area contributed by atoms with Gasteiger partial charge in [-0.05, 0) is 30.2 Å². The van der Waals surface area contributed by atoms with Crippen molar-refractivity contribution in [3.8, 4) is 5.75 Å². The van der Waals surface area contributed by atoms with E-state index in [0.717, 1.165) is 16.9 Å². The van der Waals surface area contributed by atoms with Crippen molar-refractivity contribution in [3.05, 3.63) is 106 Å². The van der Waals surface area contributed by atoms with Gasteiger partial charge in [0.25, 0.3) is 0 Å². The molecule has 0 radical (unpaired) electrons. The van der Waals surface area contributed by atoms with Gasteiger partial charge >= 0.3 is 92.4 Å². The van der Waals surface area contributed by atoms with Crippen LogP contribution in [-0.2, 0) is 18.4 Å². The molecule has 0 heterocycles. The molecule has 3 heteroatoms. The van der Waals surface area contributed by atoms with Gasteiger partial charge in [-0.15, -0.1) is 0 Å². The molecule has 0 saturated carbocycles. The molecule has 0 atom stereocenters. The van der Waals surface area contributed by atoms with E-state index in [0.29, 0.717) is 23.8 Å². The number of hydrogen-bond acceptors (Lipinski definition) is 1. The zero-order valence-electron chi connectivity index (χ0n) is 19.9. The number of hydrogen-bond donors (Lipinski definition) is 0. The van der Waals surface area contributed by atoms with Crippen LogP contribution in [0.3, 0.4) is 0 Å². The van der Waals surface area contributed by atoms with Gasteiger partial charge in [0.2, 0.25) is 0 Å².